The van der Waals surface area contributed by atoms with E-state index in [0.29, 0.717) is 29.3 Å². The lowest BCUT2D eigenvalue weighted by Gasteiger charge is -2.42. The number of benzene rings is 1. The number of rotatable bonds is 2. The average molecular weight is 317 g/mol. The molecule has 1 aliphatic heterocycles. The number of aliphatic hydroxyl groups excluding tert-OH is 1. The maximum Gasteiger partial charge on any atom is 0.255 e. The largest absolute Gasteiger partial charge is 0.507 e. The van der Waals surface area contributed by atoms with Gasteiger partial charge in [0, 0.05) is 11.3 Å². The van der Waals surface area contributed by atoms with Crippen molar-refractivity contribution in [3.05, 3.63) is 40.2 Å². The molecule has 3 N–H and O–H groups in total. The van der Waals surface area contributed by atoms with E-state index in [-0.39, 0.29) is 23.3 Å². The van der Waals surface area contributed by atoms with Crippen molar-refractivity contribution in [3.8, 4) is 5.75 Å². The number of aromatic hydroxyl groups is 1. The van der Waals surface area contributed by atoms with E-state index in [1.165, 1.54) is 0 Å². The van der Waals surface area contributed by atoms with Crippen LogP contribution in [0.15, 0.2) is 29.1 Å². The number of aliphatic hydroxyl groups is 1. The number of pyridine rings is 1. The molecule has 1 aliphatic rings. The van der Waals surface area contributed by atoms with E-state index in [2.05, 4.69) is 4.98 Å². The van der Waals surface area contributed by atoms with E-state index in [1.54, 1.807) is 12.1 Å². The third kappa shape index (κ3) is 2.75. The van der Waals surface area contributed by atoms with Crippen molar-refractivity contribution in [1.29, 1.82) is 0 Å². The second-order valence-electron chi connectivity index (χ2n) is 6.90. The molecule has 0 bridgehead atoms. The summed E-state index contributed by atoms with van der Waals surface area (Å²) in [5, 5.41) is 21.2. The fourth-order valence-corrected chi connectivity index (χ4v) is 3.40. The zero-order valence-electron chi connectivity index (χ0n) is 13.7. The maximum atomic E-state index is 12.4. The minimum atomic E-state index is -0.656. The first-order valence-corrected chi connectivity index (χ1v) is 8.01. The van der Waals surface area contributed by atoms with Crippen LogP contribution in [-0.4, -0.2) is 33.0 Å². The Labute approximate surface area is 134 Å². The molecule has 0 aliphatic carbocycles. The first kappa shape index (κ1) is 16.0. The van der Waals surface area contributed by atoms with Crippen LogP contribution in [0.1, 0.15) is 45.1 Å². The van der Waals surface area contributed by atoms with Crippen LogP contribution < -0.4 is 5.56 Å². The molecule has 2 heterocycles. The monoisotopic (exact) mass is 317 g/mol. The summed E-state index contributed by atoms with van der Waals surface area (Å²) >= 11 is 0. The van der Waals surface area contributed by atoms with Gasteiger partial charge < -0.3 is 19.9 Å². The summed E-state index contributed by atoms with van der Waals surface area (Å²) < 4.78 is 6.01. The van der Waals surface area contributed by atoms with Gasteiger partial charge in [-0.1, -0.05) is 19.1 Å². The van der Waals surface area contributed by atoms with Gasteiger partial charge in [-0.3, -0.25) is 4.79 Å². The van der Waals surface area contributed by atoms with Crippen molar-refractivity contribution in [1.82, 2.24) is 4.98 Å². The molecule has 1 saturated heterocycles. The number of nitrogens with one attached hydrogen (secondary N) is 1. The number of fused-ring (bicyclic) bond motifs is 1. The minimum Gasteiger partial charge on any atom is -0.507 e. The number of hydrogen-bond acceptors (Lipinski definition) is 4. The SMILES string of the molecule is CC(c1c(O)c2ccccc2[nH]c1=O)C1CCC(O)C(C)(C)O1. The van der Waals surface area contributed by atoms with Gasteiger partial charge in [0.25, 0.3) is 5.56 Å². The van der Waals surface area contributed by atoms with Crippen molar-refractivity contribution in [2.45, 2.75) is 57.3 Å². The van der Waals surface area contributed by atoms with Crippen molar-refractivity contribution >= 4 is 10.9 Å². The molecule has 0 amide bonds. The first-order valence-electron chi connectivity index (χ1n) is 8.01. The van der Waals surface area contributed by atoms with Crippen molar-refractivity contribution in [2.75, 3.05) is 0 Å². The van der Waals surface area contributed by atoms with Crippen LogP contribution in [0.5, 0.6) is 5.75 Å². The third-order valence-corrected chi connectivity index (χ3v) is 4.93. The second kappa shape index (κ2) is 5.65. The minimum absolute atomic E-state index is 0.0179. The van der Waals surface area contributed by atoms with Gasteiger partial charge in [-0.05, 0) is 38.8 Å². The molecule has 3 unspecified atom stereocenters. The van der Waals surface area contributed by atoms with E-state index in [4.69, 9.17) is 4.74 Å². The van der Waals surface area contributed by atoms with Crippen molar-refractivity contribution in [3.63, 3.8) is 0 Å². The lowest BCUT2D eigenvalue weighted by Crippen LogP contribution is -2.48. The number of aromatic nitrogens is 1. The number of ether oxygens (including phenoxy) is 1. The molecule has 1 aromatic carbocycles. The molecule has 23 heavy (non-hydrogen) atoms. The highest BCUT2D eigenvalue weighted by molar-refractivity contribution is 5.85. The lowest BCUT2D eigenvalue weighted by atomic mass is 9.85. The molecule has 0 radical (unpaired) electrons. The van der Waals surface area contributed by atoms with Crippen LogP contribution in [0, 0.1) is 0 Å². The standard InChI is InChI=1S/C18H23NO4/c1-10(13-8-9-14(20)18(2,3)23-13)15-16(21)11-6-4-5-7-12(11)19-17(15)22/h4-7,10,13-14,20H,8-9H2,1-3H3,(H2,19,21,22). The summed E-state index contributed by atoms with van der Waals surface area (Å²) in [6.45, 7) is 5.58. The van der Waals surface area contributed by atoms with E-state index in [0.717, 1.165) is 0 Å². The Balaban J connectivity index is 2.01. The molecule has 0 spiro atoms. The van der Waals surface area contributed by atoms with Gasteiger partial charge in [0.15, 0.2) is 0 Å². The predicted molar refractivity (Wildman–Crippen MR) is 88.8 cm³/mol. The Bertz CT molecular complexity index is 780. The van der Waals surface area contributed by atoms with Gasteiger partial charge in [-0.15, -0.1) is 0 Å². The highest BCUT2D eigenvalue weighted by atomic mass is 16.5. The maximum absolute atomic E-state index is 12.4. The molecule has 3 atom stereocenters. The van der Waals surface area contributed by atoms with Gasteiger partial charge in [-0.2, -0.15) is 0 Å². The van der Waals surface area contributed by atoms with E-state index >= 15 is 0 Å². The topological polar surface area (TPSA) is 82.5 Å². The van der Waals surface area contributed by atoms with Gasteiger partial charge in [-0.25, -0.2) is 0 Å². The highest BCUT2D eigenvalue weighted by Crippen LogP contribution is 2.38. The Morgan fingerprint density at radius 1 is 1.30 bits per heavy atom. The second-order valence-corrected chi connectivity index (χ2v) is 6.90. The fourth-order valence-electron chi connectivity index (χ4n) is 3.40. The summed E-state index contributed by atoms with van der Waals surface area (Å²) in [7, 11) is 0. The Hall–Kier alpha value is -1.85. The molecule has 5 heteroatoms. The first-order chi connectivity index (χ1) is 10.8. The van der Waals surface area contributed by atoms with Crippen LogP contribution in [0.25, 0.3) is 10.9 Å². The summed E-state index contributed by atoms with van der Waals surface area (Å²) in [6, 6.07) is 7.19. The summed E-state index contributed by atoms with van der Waals surface area (Å²) in [4.78, 5) is 15.3. The number of aromatic amines is 1. The quantitative estimate of drug-likeness (QED) is 0.795. The fraction of sp³-hybridized carbons (Fsp3) is 0.500. The summed E-state index contributed by atoms with van der Waals surface area (Å²) in [5.41, 5.74) is 0.0181. The van der Waals surface area contributed by atoms with E-state index < -0.39 is 11.7 Å². The molecular formula is C18H23NO4. The predicted octanol–water partition coefficient (Wildman–Crippen LogP) is 2.66. The molecular weight excluding hydrogens is 294 g/mol. The Morgan fingerprint density at radius 2 is 2.00 bits per heavy atom. The number of H-pyrrole nitrogens is 1. The van der Waals surface area contributed by atoms with Gasteiger partial charge in [0.05, 0.1) is 28.9 Å². The van der Waals surface area contributed by atoms with E-state index in [1.807, 2.05) is 32.9 Å². The normalized spacial score (nSPS) is 25.4. The van der Waals surface area contributed by atoms with Crippen LogP contribution in [-0.2, 0) is 4.74 Å². The van der Waals surface area contributed by atoms with Crippen LogP contribution in [0.4, 0.5) is 0 Å². The molecule has 1 aromatic heterocycles. The Morgan fingerprint density at radius 3 is 2.70 bits per heavy atom. The van der Waals surface area contributed by atoms with Crippen molar-refractivity contribution < 1.29 is 14.9 Å². The van der Waals surface area contributed by atoms with Crippen molar-refractivity contribution in [2.24, 2.45) is 0 Å². The molecule has 5 nitrogen and oxygen atoms in total. The number of hydrogen-bond donors (Lipinski definition) is 3. The zero-order chi connectivity index (χ0) is 16.8. The third-order valence-electron chi connectivity index (χ3n) is 4.93. The van der Waals surface area contributed by atoms with Crippen LogP contribution >= 0.6 is 0 Å². The summed E-state index contributed by atoms with van der Waals surface area (Å²) in [5.74, 6) is -0.250. The van der Waals surface area contributed by atoms with Crippen LogP contribution in [0.3, 0.4) is 0 Å². The molecule has 0 saturated carbocycles. The Kier molecular flexibility index (Phi) is 3.94. The molecule has 2 aromatic rings. The van der Waals surface area contributed by atoms with E-state index in [9.17, 15) is 15.0 Å². The van der Waals surface area contributed by atoms with Gasteiger partial charge >= 0.3 is 0 Å². The highest BCUT2D eigenvalue weighted by Gasteiger charge is 2.39. The molecule has 3 rings (SSSR count). The van der Waals surface area contributed by atoms with Gasteiger partial charge in [0.1, 0.15) is 5.75 Å². The average Bonchev–Trinajstić information content (AvgIpc) is 2.49. The summed E-state index contributed by atoms with van der Waals surface area (Å²) in [6.07, 6.45) is 0.530. The zero-order valence-corrected chi connectivity index (χ0v) is 13.7. The smallest absolute Gasteiger partial charge is 0.255 e. The number of para-hydroxylation sites is 1. The van der Waals surface area contributed by atoms with Gasteiger partial charge in [0.2, 0.25) is 0 Å². The molecule has 1 fully saturated rings. The van der Waals surface area contributed by atoms with Crippen LogP contribution in [0.2, 0.25) is 0 Å². The molecule has 124 valence electrons. The lowest BCUT2D eigenvalue weighted by molar-refractivity contribution is -0.175.